The standard InChI is InChI=1S/C14H8BrF5O/c15-10-6-2-4-8(12(10)17)13(21)7-3-1-5-9(11(7)16)14(18,19)20/h1-6,13,21H. The van der Waals surface area contributed by atoms with Gasteiger partial charge in [0.1, 0.15) is 17.7 Å². The normalized spacial score (nSPS) is 13.3. The molecule has 1 nitrogen and oxygen atoms in total. The van der Waals surface area contributed by atoms with E-state index in [1.54, 1.807) is 0 Å². The van der Waals surface area contributed by atoms with Crippen LogP contribution in [0.5, 0.6) is 0 Å². The third kappa shape index (κ3) is 3.08. The van der Waals surface area contributed by atoms with Crippen LogP contribution in [0.1, 0.15) is 22.8 Å². The number of alkyl halides is 3. The van der Waals surface area contributed by atoms with Gasteiger partial charge in [-0.3, -0.25) is 0 Å². The summed E-state index contributed by atoms with van der Waals surface area (Å²) in [6.45, 7) is 0. The van der Waals surface area contributed by atoms with Crippen molar-refractivity contribution >= 4 is 15.9 Å². The molecule has 2 aromatic rings. The van der Waals surface area contributed by atoms with E-state index in [-0.39, 0.29) is 10.0 Å². The van der Waals surface area contributed by atoms with Gasteiger partial charge in [-0.05, 0) is 28.1 Å². The van der Waals surface area contributed by atoms with Crippen LogP contribution in [-0.2, 0) is 6.18 Å². The summed E-state index contributed by atoms with van der Waals surface area (Å²) in [5, 5.41) is 10.00. The van der Waals surface area contributed by atoms with E-state index in [2.05, 4.69) is 15.9 Å². The summed E-state index contributed by atoms with van der Waals surface area (Å²) in [5.41, 5.74) is -2.46. The molecule has 112 valence electrons. The Labute approximate surface area is 125 Å². The molecule has 1 unspecified atom stereocenters. The maximum atomic E-state index is 13.9. The van der Waals surface area contributed by atoms with Crippen molar-refractivity contribution in [3.05, 3.63) is 69.2 Å². The Kier molecular flexibility index (Phi) is 4.34. The number of halogens is 6. The molecule has 0 spiro atoms. The Hall–Kier alpha value is -1.47. The smallest absolute Gasteiger partial charge is 0.383 e. The molecule has 0 radical (unpaired) electrons. The van der Waals surface area contributed by atoms with Crippen molar-refractivity contribution in [1.29, 1.82) is 0 Å². The molecule has 0 aliphatic carbocycles. The van der Waals surface area contributed by atoms with Gasteiger partial charge in [-0.15, -0.1) is 0 Å². The van der Waals surface area contributed by atoms with Crippen LogP contribution < -0.4 is 0 Å². The highest BCUT2D eigenvalue weighted by molar-refractivity contribution is 9.10. The summed E-state index contributed by atoms with van der Waals surface area (Å²) in [7, 11) is 0. The molecule has 21 heavy (non-hydrogen) atoms. The predicted molar refractivity (Wildman–Crippen MR) is 69.6 cm³/mol. The van der Waals surface area contributed by atoms with E-state index < -0.39 is 35.0 Å². The summed E-state index contributed by atoms with van der Waals surface area (Å²) in [6.07, 6.45) is -6.74. The lowest BCUT2D eigenvalue weighted by Gasteiger charge is -2.16. The maximum absolute atomic E-state index is 13.9. The molecule has 1 atom stereocenters. The molecule has 0 saturated carbocycles. The van der Waals surface area contributed by atoms with Crippen molar-refractivity contribution in [2.24, 2.45) is 0 Å². The largest absolute Gasteiger partial charge is 0.419 e. The Morgan fingerprint density at radius 3 is 2.00 bits per heavy atom. The zero-order valence-corrected chi connectivity index (χ0v) is 11.8. The Morgan fingerprint density at radius 2 is 1.43 bits per heavy atom. The van der Waals surface area contributed by atoms with Gasteiger partial charge in [-0.25, -0.2) is 8.78 Å². The first-order valence-electron chi connectivity index (χ1n) is 5.71. The molecule has 0 saturated heterocycles. The van der Waals surface area contributed by atoms with Gasteiger partial charge >= 0.3 is 6.18 Å². The molecule has 2 rings (SSSR count). The summed E-state index contributed by atoms with van der Waals surface area (Å²) in [4.78, 5) is 0. The van der Waals surface area contributed by atoms with Crippen LogP contribution >= 0.6 is 15.9 Å². The van der Waals surface area contributed by atoms with Crippen LogP contribution in [0.2, 0.25) is 0 Å². The van der Waals surface area contributed by atoms with Crippen molar-refractivity contribution in [3.63, 3.8) is 0 Å². The SMILES string of the molecule is OC(c1cccc(Br)c1F)c1cccc(C(F)(F)F)c1F. The third-order valence-electron chi connectivity index (χ3n) is 2.90. The molecular formula is C14H8BrF5O. The van der Waals surface area contributed by atoms with Crippen molar-refractivity contribution < 1.29 is 27.1 Å². The molecule has 0 aliphatic heterocycles. The van der Waals surface area contributed by atoms with Crippen molar-refractivity contribution in [2.45, 2.75) is 12.3 Å². The zero-order chi connectivity index (χ0) is 15.8. The van der Waals surface area contributed by atoms with Gasteiger partial charge in [0.05, 0.1) is 10.0 Å². The highest BCUT2D eigenvalue weighted by atomic mass is 79.9. The van der Waals surface area contributed by atoms with E-state index in [0.29, 0.717) is 6.07 Å². The Bertz CT molecular complexity index is 669. The number of aliphatic hydroxyl groups excluding tert-OH is 1. The fraction of sp³-hybridized carbons (Fsp3) is 0.143. The zero-order valence-electron chi connectivity index (χ0n) is 10.3. The molecule has 0 heterocycles. The number of aliphatic hydroxyl groups is 1. The average Bonchev–Trinajstić information content (AvgIpc) is 2.40. The van der Waals surface area contributed by atoms with Gasteiger partial charge in [0.25, 0.3) is 0 Å². The molecule has 0 bridgehead atoms. The highest BCUT2D eigenvalue weighted by Crippen LogP contribution is 2.36. The topological polar surface area (TPSA) is 20.2 Å². The number of rotatable bonds is 2. The molecule has 7 heteroatoms. The summed E-state index contributed by atoms with van der Waals surface area (Å²) in [6, 6.07) is 6.41. The van der Waals surface area contributed by atoms with Gasteiger partial charge < -0.3 is 5.11 Å². The van der Waals surface area contributed by atoms with E-state index >= 15 is 0 Å². The monoisotopic (exact) mass is 366 g/mol. The van der Waals surface area contributed by atoms with Gasteiger partial charge in [-0.1, -0.05) is 24.3 Å². The number of benzene rings is 2. The second-order valence-electron chi connectivity index (χ2n) is 4.25. The van der Waals surface area contributed by atoms with E-state index in [9.17, 15) is 27.1 Å². The Morgan fingerprint density at radius 1 is 0.905 bits per heavy atom. The fourth-order valence-electron chi connectivity index (χ4n) is 1.88. The van der Waals surface area contributed by atoms with Gasteiger partial charge in [0, 0.05) is 11.1 Å². The van der Waals surface area contributed by atoms with Gasteiger partial charge in [-0.2, -0.15) is 13.2 Å². The minimum absolute atomic E-state index is 0.0198. The molecule has 2 aromatic carbocycles. The van der Waals surface area contributed by atoms with Gasteiger partial charge in [0.15, 0.2) is 0 Å². The van der Waals surface area contributed by atoms with Crippen LogP contribution in [0.4, 0.5) is 22.0 Å². The molecule has 0 amide bonds. The molecule has 0 aliphatic rings. The van der Waals surface area contributed by atoms with E-state index in [4.69, 9.17) is 0 Å². The minimum atomic E-state index is -4.89. The minimum Gasteiger partial charge on any atom is -0.383 e. The first-order valence-corrected chi connectivity index (χ1v) is 6.50. The number of hydrogen-bond donors (Lipinski definition) is 1. The maximum Gasteiger partial charge on any atom is 0.419 e. The van der Waals surface area contributed by atoms with Gasteiger partial charge in [0.2, 0.25) is 0 Å². The Balaban J connectivity index is 2.54. The summed E-state index contributed by atoms with van der Waals surface area (Å²) >= 11 is 2.89. The third-order valence-corrected chi connectivity index (χ3v) is 3.52. The lowest BCUT2D eigenvalue weighted by atomic mass is 9.98. The second kappa shape index (κ2) is 5.73. The van der Waals surface area contributed by atoms with E-state index in [1.807, 2.05) is 0 Å². The lowest BCUT2D eigenvalue weighted by molar-refractivity contribution is -0.140. The number of hydrogen-bond acceptors (Lipinski definition) is 1. The van der Waals surface area contributed by atoms with E-state index in [0.717, 1.165) is 12.1 Å². The van der Waals surface area contributed by atoms with Crippen LogP contribution in [0.25, 0.3) is 0 Å². The van der Waals surface area contributed by atoms with Crippen molar-refractivity contribution in [3.8, 4) is 0 Å². The molecule has 1 N–H and O–H groups in total. The van der Waals surface area contributed by atoms with Crippen LogP contribution in [-0.4, -0.2) is 5.11 Å². The van der Waals surface area contributed by atoms with E-state index in [1.165, 1.54) is 18.2 Å². The van der Waals surface area contributed by atoms with Crippen molar-refractivity contribution in [2.75, 3.05) is 0 Å². The van der Waals surface area contributed by atoms with Crippen molar-refractivity contribution in [1.82, 2.24) is 0 Å². The van der Waals surface area contributed by atoms with Crippen LogP contribution in [0.3, 0.4) is 0 Å². The molecular weight excluding hydrogens is 359 g/mol. The van der Waals surface area contributed by atoms with Crippen LogP contribution in [0.15, 0.2) is 40.9 Å². The molecule has 0 fully saturated rings. The van der Waals surface area contributed by atoms with Crippen LogP contribution in [0, 0.1) is 11.6 Å². The highest BCUT2D eigenvalue weighted by Gasteiger charge is 2.36. The fourth-order valence-corrected chi connectivity index (χ4v) is 2.26. The lowest BCUT2D eigenvalue weighted by Crippen LogP contribution is -2.13. The second-order valence-corrected chi connectivity index (χ2v) is 5.11. The first kappa shape index (κ1) is 15.9. The predicted octanol–water partition coefficient (Wildman–Crippen LogP) is 4.83. The average molecular weight is 367 g/mol. The first-order chi connectivity index (χ1) is 9.73. The quantitative estimate of drug-likeness (QED) is 0.755. The molecule has 0 aromatic heterocycles. The summed E-state index contributed by atoms with van der Waals surface area (Å²) in [5.74, 6) is -2.47. The summed E-state index contributed by atoms with van der Waals surface area (Å²) < 4.78 is 65.7.